The Morgan fingerprint density at radius 2 is 1.61 bits per heavy atom. The Morgan fingerprint density at radius 3 is 2.32 bits per heavy atom. The maximum Gasteiger partial charge on any atom is 0.253 e. The molecule has 1 atom stereocenters. The Labute approximate surface area is 192 Å². The van der Waals surface area contributed by atoms with Gasteiger partial charge in [-0.2, -0.15) is 0 Å². The number of anilines is 1. The summed E-state index contributed by atoms with van der Waals surface area (Å²) < 4.78 is 0. The quantitative estimate of drug-likeness (QED) is 0.402. The van der Waals surface area contributed by atoms with Crippen molar-refractivity contribution in [3.8, 4) is 0 Å². The summed E-state index contributed by atoms with van der Waals surface area (Å²) in [6.45, 7) is 2.49. The van der Waals surface area contributed by atoms with Crippen LogP contribution < -0.4 is 10.6 Å². The first kappa shape index (κ1) is 22.9. The number of hydrogen-bond acceptors (Lipinski definition) is 3. The van der Waals surface area contributed by atoms with E-state index in [4.69, 9.17) is 11.6 Å². The molecule has 6 heteroatoms. The van der Waals surface area contributed by atoms with Gasteiger partial charge in [-0.25, -0.2) is 0 Å². The van der Waals surface area contributed by atoms with E-state index in [-0.39, 0.29) is 17.1 Å². The number of hydrogen-bond donors (Lipinski definition) is 2. The van der Waals surface area contributed by atoms with E-state index in [1.165, 1.54) is 11.8 Å². The van der Waals surface area contributed by atoms with Gasteiger partial charge in [0.15, 0.2) is 0 Å². The lowest BCUT2D eigenvalue weighted by atomic mass is 10.1. The van der Waals surface area contributed by atoms with E-state index in [2.05, 4.69) is 10.6 Å². The Morgan fingerprint density at radius 1 is 0.935 bits per heavy atom. The summed E-state index contributed by atoms with van der Waals surface area (Å²) in [5.74, 6) is -0.336. The number of amides is 2. The van der Waals surface area contributed by atoms with Crippen LogP contribution in [0, 0.1) is 0 Å². The van der Waals surface area contributed by atoms with Crippen LogP contribution in [-0.4, -0.2) is 23.6 Å². The van der Waals surface area contributed by atoms with Gasteiger partial charge in [0.05, 0.1) is 16.5 Å². The molecule has 0 radical (unpaired) electrons. The summed E-state index contributed by atoms with van der Waals surface area (Å²) in [5, 5.41) is 6.26. The molecule has 0 aromatic heterocycles. The van der Waals surface area contributed by atoms with E-state index in [1.54, 1.807) is 18.2 Å². The molecule has 2 N–H and O–H groups in total. The predicted octanol–water partition coefficient (Wildman–Crippen LogP) is 5.82. The Bertz CT molecular complexity index is 1010. The molecule has 0 heterocycles. The third kappa shape index (κ3) is 6.88. The van der Waals surface area contributed by atoms with Gasteiger partial charge >= 0.3 is 0 Å². The summed E-state index contributed by atoms with van der Waals surface area (Å²) in [7, 11) is 0. The number of carbonyl (C=O) groups is 2. The number of benzene rings is 3. The summed E-state index contributed by atoms with van der Waals surface area (Å²) in [6.07, 6.45) is 1.40. The highest BCUT2D eigenvalue weighted by molar-refractivity contribution is 8.00. The van der Waals surface area contributed by atoms with Crippen molar-refractivity contribution < 1.29 is 9.59 Å². The average Bonchev–Trinajstić information content (AvgIpc) is 2.79. The van der Waals surface area contributed by atoms with Crippen LogP contribution in [0.5, 0.6) is 0 Å². The number of para-hydroxylation sites is 1. The maximum atomic E-state index is 12.9. The summed E-state index contributed by atoms with van der Waals surface area (Å²) in [5.41, 5.74) is 2.13. The van der Waals surface area contributed by atoms with E-state index >= 15 is 0 Å². The molecule has 0 saturated heterocycles. The zero-order valence-electron chi connectivity index (χ0n) is 17.3. The smallest absolute Gasteiger partial charge is 0.253 e. The van der Waals surface area contributed by atoms with Crippen molar-refractivity contribution in [2.45, 2.75) is 29.9 Å². The van der Waals surface area contributed by atoms with Crippen LogP contribution in [0.4, 0.5) is 5.69 Å². The Kier molecular flexibility index (Phi) is 8.56. The molecular weight excluding hydrogens is 428 g/mol. The Hall–Kier alpha value is -2.76. The molecule has 0 unspecified atom stereocenters. The van der Waals surface area contributed by atoms with Crippen LogP contribution >= 0.6 is 23.4 Å². The molecule has 3 rings (SSSR count). The van der Waals surface area contributed by atoms with Gasteiger partial charge < -0.3 is 10.6 Å². The topological polar surface area (TPSA) is 58.2 Å². The van der Waals surface area contributed by atoms with Crippen molar-refractivity contribution in [2.75, 3.05) is 11.9 Å². The highest BCUT2D eigenvalue weighted by atomic mass is 35.5. The lowest BCUT2D eigenvalue weighted by Gasteiger charge is -2.17. The highest BCUT2D eigenvalue weighted by Gasteiger charge is 2.20. The first-order valence-electron chi connectivity index (χ1n) is 10.2. The van der Waals surface area contributed by atoms with Crippen LogP contribution in [0.15, 0.2) is 83.8 Å². The highest BCUT2D eigenvalue weighted by Crippen LogP contribution is 2.28. The third-order valence-corrected chi connectivity index (χ3v) is 6.36. The average molecular weight is 453 g/mol. The van der Waals surface area contributed by atoms with Gasteiger partial charge in [-0.15, -0.1) is 11.8 Å². The zero-order valence-corrected chi connectivity index (χ0v) is 18.9. The molecule has 0 saturated carbocycles. The minimum atomic E-state index is -0.282. The molecule has 0 aliphatic carbocycles. The van der Waals surface area contributed by atoms with Gasteiger partial charge in [-0.3, -0.25) is 9.59 Å². The number of nitrogens with one attached hydrogen (secondary N) is 2. The van der Waals surface area contributed by atoms with Crippen molar-refractivity contribution in [3.63, 3.8) is 0 Å². The number of halogens is 1. The van der Waals surface area contributed by atoms with Crippen LogP contribution in [0.3, 0.4) is 0 Å². The largest absolute Gasteiger partial charge is 0.352 e. The van der Waals surface area contributed by atoms with E-state index in [0.29, 0.717) is 29.2 Å². The summed E-state index contributed by atoms with van der Waals surface area (Å²) >= 11 is 7.42. The molecule has 0 aliphatic heterocycles. The van der Waals surface area contributed by atoms with Crippen molar-refractivity contribution >= 4 is 40.9 Å². The molecule has 4 nitrogen and oxygen atoms in total. The molecule has 0 aliphatic rings. The van der Waals surface area contributed by atoms with Crippen molar-refractivity contribution in [1.29, 1.82) is 0 Å². The lowest BCUT2D eigenvalue weighted by molar-refractivity contribution is -0.115. The van der Waals surface area contributed by atoms with Crippen molar-refractivity contribution in [1.82, 2.24) is 5.32 Å². The zero-order chi connectivity index (χ0) is 22.1. The minimum absolute atomic E-state index is 0.132. The molecule has 0 fully saturated rings. The summed E-state index contributed by atoms with van der Waals surface area (Å²) in [4.78, 5) is 26.6. The van der Waals surface area contributed by atoms with Gasteiger partial charge in [-0.05, 0) is 54.8 Å². The second kappa shape index (κ2) is 11.6. The van der Waals surface area contributed by atoms with Gasteiger partial charge in [0, 0.05) is 16.5 Å². The fourth-order valence-corrected chi connectivity index (χ4v) is 4.14. The number of rotatable bonds is 9. The van der Waals surface area contributed by atoms with Gasteiger partial charge in [0.2, 0.25) is 5.91 Å². The molecule has 2 amide bonds. The lowest BCUT2D eigenvalue weighted by Crippen LogP contribution is -2.29. The van der Waals surface area contributed by atoms with Crippen molar-refractivity contribution in [2.24, 2.45) is 0 Å². The summed E-state index contributed by atoms with van der Waals surface area (Å²) in [6, 6.07) is 24.5. The third-order valence-electron chi connectivity index (χ3n) is 4.73. The standard InChI is InChI=1S/C25H25ClN2O2S/c1-2-23(31-20-14-12-19(26)13-15-20)25(30)28-22-11-7-6-10-21(22)24(29)27-17-16-18-8-4-3-5-9-18/h3-15,23H,2,16-17H2,1H3,(H,27,29)(H,28,30)/t23-/m0/s1. The number of carbonyl (C=O) groups excluding carboxylic acids is 2. The van der Waals surface area contributed by atoms with Crippen LogP contribution in [-0.2, 0) is 11.2 Å². The van der Waals surface area contributed by atoms with E-state index in [9.17, 15) is 9.59 Å². The van der Waals surface area contributed by atoms with E-state index in [0.717, 1.165) is 16.9 Å². The van der Waals surface area contributed by atoms with Gasteiger partial charge in [0.1, 0.15) is 0 Å². The molecule has 3 aromatic rings. The second-order valence-electron chi connectivity index (χ2n) is 6.99. The van der Waals surface area contributed by atoms with Gasteiger partial charge in [-0.1, -0.05) is 61.0 Å². The SMILES string of the molecule is CC[C@H](Sc1ccc(Cl)cc1)C(=O)Nc1ccccc1C(=O)NCCc1ccccc1. The van der Waals surface area contributed by atoms with Crippen LogP contribution in [0.25, 0.3) is 0 Å². The molecular formula is C25H25ClN2O2S. The first-order chi connectivity index (χ1) is 15.1. The van der Waals surface area contributed by atoms with E-state index < -0.39 is 0 Å². The minimum Gasteiger partial charge on any atom is -0.352 e. The first-order valence-corrected chi connectivity index (χ1v) is 11.5. The second-order valence-corrected chi connectivity index (χ2v) is 8.71. The van der Waals surface area contributed by atoms with Crippen LogP contribution in [0.2, 0.25) is 5.02 Å². The molecule has 0 bridgehead atoms. The molecule has 160 valence electrons. The fraction of sp³-hybridized carbons (Fsp3) is 0.200. The molecule has 3 aromatic carbocycles. The van der Waals surface area contributed by atoms with Crippen LogP contribution in [0.1, 0.15) is 29.3 Å². The van der Waals surface area contributed by atoms with Gasteiger partial charge in [0.25, 0.3) is 5.91 Å². The Balaban J connectivity index is 1.62. The predicted molar refractivity (Wildman–Crippen MR) is 129 cm³/mol. The molecule has 0 spiro atoms. The van der Waals surface area contributed by atoms with E-state index in [1.807, 2.05) is 67.6 Å². The number of thioether (sulfide) groups is 1. The maximum absolute atomic E-state index is 12.9. The van der Waals surface area contributed by atoms with Crippen molar-refractivity contribution in [3.05, 3.63) is 95.0 Å². The monoisotopic (exact) mass is 452 g/mol. The fourth-order valence-electron chi connectivity index (χ4n) is 3.06. The normalized spacial score (nSPS) is 11.5. The molecule has 31 heavy (non-hydrogen) atoms.